The molecule has 1 amide bonds. The average Bonchev–Trinajstić information content (AvgIpc) is 2.98. The van der Waals surface area contributed by atoms with E-state index in [2.05, 4.69) is 10.3 Å². The molecule has 0 aliphatic rings. The molecular formula is C15H18ClN3O2S. The summed E-state index contributed by atoms with van der Waals surface area (Å²) in [5.74, 6) is -0.212. The number of aromatic nitrogens is 1. The monoisotopic (exact) mass is 339 g/mol. The fourth-order valence-electron chi connectivity index (χ4n) is 1.94. The molecule has 2 rings (SSSR count). The Labute approximate surface area is 138 Å². The first kappa shape index (κ1) is 16.9. The average molecular weight is 340 g/mol. The van der Waals surface area contributed by atoms with Gasteiger partial charge in [0.25, 0.3) is 5.91 Å². The number of nitrogens with zero attached hydrogens (tertiary/aromatic N) is 1. The molecular weight excluding hydrogens is 322 g/mol. The second-order valence-corrected chi connectivity index (χ2v) is 6.03. The Morgan fingerprint density at radius 3 is 2.82 bits per heavy atom. The highest BCUT2D eigenvalue weighted by Gasteiger charge is 2.15. The Morgan fingerprint density at radius 1 is 1.45 bits per heavy atom. The summed E-state index contributed by atoms with van der Waals surface area (Å²) in [6.07, 6.45) is 0.451. The van der Waals surface area contributed by atoms with Gasteiger partial charge in [-0.2, -0.15) is 0 Å². The van der Waals surface area contributed by atoms with Crippen molar-refractivity contribution in [3.8, 4) is 0 Å². The van der Waals surface area contributed by atoms with E-state index in [1.165, 1.54) is 11.3 Å². The van der Waals surface area contributed by atoms with Crippen molar-refractivity contribution in [3.63, 3.8) is 0 Å². The second kappa shape index (κ2) is 8.24. The number of hydrogen-bond donors (Lipinski definition) is 2. The van der Waals surface area contributed by atoms with Crippen LogP contribution < -0.4 is 11.1 Å². The molecule has 0 saturated heterocycles. The van der Waals surface area contributed by atoms with Gasteiger partial charge in [-0.3, -0.25) is 4.79 Å². The zero-order valence-corrected chi connectivity index (χ0v) is 13.8. The number of ether oxygens (including phenoxy) is 1. The van der Waals surface area contributed by atoms with Crippen LogP contribution in [0.2, 0.25) is 5.02 Å². The number of carbonyl (C=O) groups is 1. The maximum atomic E-state index is 12.1. The van der Waals surface area contributed by atoms with Crippen LogP contribution in [0.3, 0.4) is 0 Å². The van der Waals surface area contributed by atoms with Crippen LogP contribution in [0.4, 0.5) is 0 Å². The fraction of sp³-hybridized carbons (Fsp3) is 0.333. The Hall–Kier alpha value is -1.47. The maximum absolute atomic E-state index is 12.1. The molecule has 0 aliphatic carbocycles. The lowest BCUT2D eigenvalue weighted by molar-refractivity contribution is 0.0824. The lowest BCUT2D eigenvalue weighted by atomic mass is 10.1. The van der Waals surface area contributed by atoms with Gasteiger partial charge in [0, 0.05) is 30.5 Å². The largest absolute Gasteiger partial charge is 0.375 e. The minimum absolute atomic E-state index is 0.212. The lowest BCUT2D eigenvalue weighted by Gasteiger charge is -2.16. The molecule has 1 unspecified atom stereocenters. The number of benzene rings is 1. The summed E-state index contributed by atoms with van der Waals surface area (Å²) in [5.41, 5.74) is 6.85. The van der Waals surface area contributed by atoms with Crippen LogP contribution in [0.15, 0.2) is 29.6 Å². The van der Waals surface area contributed by atoms with Crippen molar-refractivity contribution in [2.45, 2.75) is 12.5 Å². The molecule has 1 aromatic carbocycles. The van der Waals surface area contributed by atoms with Gasteiger partial charge in [-0.25, -0.2) is 4.98 Å². The number of nitrogens with two attached hydrogens (primary N) is 1. The third kappa shape index (κ3) is 4.51. The summed E-state index contributed by atoms with van der Waals surface area (Å²) in [5, 5.41) is 6.11. The first-order valence-corrected chi connectivity index (χ1v) is 8.10. The van der Waals surface area contributed by atoms with Crippen LogP contribution in [0.1, 0.15) is 27.2 Å². The van der Waals surface area contributed by atoms with Crippen molar-refractivity contribution in [1.29, 1.82) is 0 Å². The molecule has 118 valence electrons. The topological polar surface area (TPSA) is 77.2 Å². The van der Waals surface area contributed by atoms with Gasteiger partial charge in [-0.15, -0.1) is 11.3 Å². The van der Waals surface area contributed by atoms with Crippen molar-refractivity contribution >= 4 is 28.8 Å². The van der Waals surface area contributed by atoms with Crippen LogP contribution in [-0.4, -0.2) is 31.1 Å². The molecule has 5 nitrogen and oxygen atoms in total. The number of carbonyl (C=O) groups excluding carboxylic acids is 1. The molecule has 0 radical (unpaired) electrons. The SMILES string of the molecule is COC(CNC(=O)c1csc(CCN)n1)c1ccc(Cl)cc1. The van der Waals surface area contributed by atoms with E-state index in [0.717, 1.165) is 10.6 Å². The molecule has 0 spiro atoms. The summed E-state index contributed by atoms with van der Waals surface area (Å²) >= 11 is 7.31. The summed E-state index contributed by atoms with van der Waals surface area (Å²) in [7, 11) is 1.60. The van der Waals surface area contributed by atoms with Gasteiger partial charge in [0.2, 0.25) is 0 Å². The van der Waals surface area contributed by atoms with Crippen LogP contribution in [0, 0.1) is 0 Å². The number of halogens is 1. The van der Waals surface area contributed by atoms with Gasteiger partial charge in [0.15, 0.2) is 0 Å². The number of hydrogen-bond acceptors (Lipinski definition) is 5. The zero-order valence-electron chi connectivity index (χ0n) is 12.2. The third-order valence-electron chi connectivity index (χ3n) is 3.12. The van der Waals surface area contributed by atoms with Crippen LogP contribution in [0.5, 0.6) is 0 Å². The molecule has 2 aromatic rings. The number of amides is 1. The summed E-state index contributed by atoms with van der Waals surface area (Å²) in [4.78, 5) is 16.3. The smallest absolute Gasteiger partial charge is 0.270 e. The number of nitrogens with one attached hydrogen (secondary N) is 1. The molecule has 0 fully saturated rings. The van der Waals surface area contributed by atoms with Gasteiger partial charge in [-0.05, 0) is 24.2 Å². The van der Waals surface area contributed by atoms with E-state index < -0.39 is 0 Å². The van der Waals surface area contributed by atoms with Crippen molar-refractivity contribution in [1.82, 2.24) is 10.3 Å². The standard InChI is InChI=1S/C15H18ClN3O2S/c1-21-13(10-2-4-11(16)5-3-10)8-18-15(20)12-9-22-14(19-12)6-7-17/h2-5,9,13H,6-8,17H2,1H3,(H,18,20). The zero-order chi connectivity index (χ0) is 15.9. The summed E-state index contributed by atoms with van der Waals surface area (Å²) < 4.78 is 5.41. The van der Waals surface area contributed by atoms with E-state index in [-0.39, 0.29) is 12.0 Å². The Morgan fingerprint density at radius 2 is 2.18 bits per heavy atom. The van der Waals surface area contributed by atoms with Gasteiger partial charge in [0.1, 0.15) is 5.69 Å². The molecule has 7 heteroatoms. The van der Waals surface area contributed by atoms with Gasteiger partial charge >= 0.3 is 0 Å². The van der Waals surface area contributed by atoms with Crippen LogP contribution in [0.25, 0.3) is 0 Å². The molecule has 0 bridgehead atoms. The first-order valence-electron chi connectivity index (χ1n) is 6.85. The van der Waals surface area contributed by atoms with E-state index >= 15 is 0 Å². The van der Waals surface area contributed by atoms with Crippen LogP contribution in [-0.2, 0) is 11.2 Å². The van der Waals surface area contributed by atoms with E-state index in [9.17, 15) is 4.79 Å². The first-order chi connectivity index (χ1) is 10.6. The molecule has 1 atom stereocenters. The van der Waals surface area contributed by atoms with Crippen molar-refractivity contribution < 1.29 is 9.53 Å². The highest BCUT2D eigenvalue weighted by atomic mass is 35.5. The predicted molar refractivity (Wildman–Crippen MR) is 88.4 cm³/mol. The number of thiazole rings is 1. The lowest BCUT2D eigenvalue weighted by Crippen LogP contribution is -2.29. The quantitative estimate of drug-likeness (QED) is 0.812. The molecule has 3 N–H and O–H groups in total. The second-order valence-electron chi connectivity index (χ2n) is 4.65. The minimum atomic E-state index is -0.233. The highest BCUT2D eigenvalue weighted by molar-refractivity contribution is 7.09. The minimum Gasteiger partial charge on any atom is -0.375 e. The van der Waals surface area contributed by atoms with Crippen molar-refractivity contribution in [3.05, 3.63) is 50.9 Å². The van der Waals surface area contributed by atoms with Gasteiger partial charge < -0.3 is 15.8 Å². The van der Waals surface area contributed by atoms with Crippen LogP contribution >= 0.6 is 22.9 Å². The maximum Gasteiger partial charge on any atom is 0.270 e. The normalized spacial score (nSPS) is 12.1. The number of rotatable bonds is 7. The van der Waals surface area contributed by atoms with E-state index in [1.807, 2.05) is 12.1 Å². The van der Waals surface area contributed by atoms with E-state index in [4.69, 9.17) is 22.1 Å². The van der Waals surface area contributed by atoms with E-state index in [1.54, 1.807) is 24.6 Å². The predicted octanol–water partition coefficient (Wildman–Crippen LogP) is 2.42. The summed E-state index contributed by atoms with van der Waals surface area (Å²) in [6.45, 7) is 0.887. The molecule has 22 heavy (non-hydrogen) atoms. The van der Waals surface area contributed by atoms with Gasteiger partial charge in [-0.1, -0.05) is 23.7 Å². The Kier molecular flexibility index (Phi) is 6.33. The summed E-state index contributed by atoms with van der Waals surface area (Å²) in [6, 6.07) is 7.35. The van der Waals surface area contributed by atoms with E-state index in [0.29, 0.717) is 30.2 Å². The van der Waals surface area contributed by atoms with Gasteiger partial charge in [0.05, 0.1) is 11.1 Å². The highest BCUT2D eigenvalue weighted by Crippen LogP contribution is 2.19. The molecule has 0 saturated carbocycles. The third-order valence-corrected chi connectivity index (χ3v) is 4.28. The Balaban J connectivity index is 1.94. The van der Waals surface area contributed by atoms with Crippen molar-refractivity contribution in [2.75, 3.05) is 20.2 Å². The molecule has 1 aromatic heterocycles. The Bertz CT molecular complexity index is 616. The number of methoxy groups -OCH3 is 1. The molecule has 1 heterocycles. The fourth-order valence-corrected chi connectivity index (χ4v) is 2.86. The van der Waals surface area contributed by atoms with Crippen molar-refractivity contribution in [2.24, 2.45) is 5.73 Å². The molecule has 0 aliphatic heterocycles.